The number of halogens is 2. The standard InChI is InChI=1S/C18H21Cl2N5OS/c1-11(16(26)21-14-6-4-5-13(19)15(14)20)27-18-23-22-17(24-9-2-3-10-24)25(18)12-7-8-12/h4-6,11-12H,2-3,7-10H2,1H3,(H,21,26). The zero-order chi connectivity index (χ0) is 19.0. The quantitative estimate of drug-likeness (QED) is 0.682. The van der Waals surface area contributed by atoms with E-state index in [-0.39, 0.29) is 11.2 Å². The number of rotatable bonds is 6. The maximum absolute atomic E-state index is 12.6. The Morgan fingerprint density at radius 3 is 2.70 bits per heavy atom. The fourth-order valence-electron chi connectivity index (χ4n) is 3.18. The summed E-state index contributed by atoms with van der Waals surface area (Å²) >= 11 is 13.6. The topological polar surface area (TPSA) is 63.1 Å². The van der Waals surface area contributed by atoms with Crippen molar-refractivity contribution in [2.24, 2.45) is 0 Å². The molecular weight excluding hydrogens is 405 g/mol. The highest BCUT2D eigenvalue weighted by Gasteiger charge is 2.33. The molecule has 144 valence electrons. The van der Waals surface area contributed by atoms with Gasteiger partial charge in [-0.3, -0.25) is 9.36 Å². The lowest BCUT2D eigenvalue weighted by atomic mass is 10.3. The molecule has 9 heteroatoms. The van der Waals surface area contributed by atoms with Crippen molar-refractivity contribution in [3.05, 3.63) is 28.2 Å². The molecule has 1 amide bonds. The van der Waals surface area contributed by atoms with E-state index in [0.29, 0.717) is 21.8 Å². The van der Waals surface area contributed by atoms with Crippen LogP contribution in [0.5, 0.6) is 0 Å². The number of hydrogen-bond acceptors (Lipinski definition) is 5. The van der Waals surface area contributed by atoms with E-state index in [1.165, 1.54) is 24.6 Å². The monoisotopic (exact) mass is 425 g/mol. The molecule has 1 saturated heterocycles. The Bertz CT molecular complexity index is 848. The van der Waals surface area contributed by atoms with Crippen molar-refractivity contribution in [2.45, 2.75) is 49.1 Å². The number of hydrogen-bond donors (Lipinski definition) is 1. The lowest BCUT2D eigenvalue weighted by Crippen LogP contribution is -2.24. The first kappa shape index (κ1) is 18.9. The lowest BCUT2D eigenvalue weighted by Gasteiger charge is -2.18. The molecule has 2 heterocycles. The molecule has 1 saturated carbocycles. The summed E-state index contributed by atoms with van der Waals surface area (Å²) in [6.07, 6.45) is 4.68. The van der Waals surface area contributed by atoms with Gasteiger partial charge in [-0.2, -0.15) is 0 Å². The third kappa shape index (κ3) is 4.05. The summed E-state index contributed by atoms with van der Waals surface area (Å²) in [5.74, 6) is 0.806. The van der Waals surface area contributed by atoms with Gasteiger partial charge < -0.3 is 10.2 Å². The second-order valence-electron chi connectivity index (χ2n) is 6.93. The zero-order valence-electron chi connectivity index (χ0n) is 15.0. The number of anilines is 2. The fraction of sp³-hybridized carbons (Fsp3) is 0.500. The van der Waals surface area contributed by atoms with E-state index < -0.39 is 0 Å². The van der Waals surface area contributed by atoms with Crippen molar-refractivity contribution < 1.29 is 4.79 Å². The van der Waals surface area contributed by atoms with Gasteiger partial charge >= 0.3 is 0 Å². The van der Waals surface area contributed by atoms with E-state index in [1.54, 1.807) is 18.2 Å². The largest absolute Gasteiger partial charge is 0.341 e. The first-order chi connectivity index (χ1) is 13.0. The Kier molecular flexibility index (Phi) is 5.53. The van der Waals surface area contributed by atoms with Gasteiger partial charge in [-0.25, -0.2) is 0 Å². The van der Waals surface area contributed by atoms with Gasteiger partial charge in [0.05, 0.1) is 21.0 Å². The molecule has 2 aromatic rings. The van der Waals surface area contributed by atoms with Crippen LogP contribution in [0.25, 0.3) is 0 Å². The maximum Gasteiger partial charge on any atom is 0.237 e. The molecule has 4 rings (SSSR count). The van der Waals surface area contributed by atoms with Crippen molar-refractivity contribution in [2.75, 3.05) is 23.3 Å². The van der Waals surface area contributed by atoms with Crippen molar-refractivity contribution in [1.29, 1.82) is 0 Å². The highest BCUT2D eigenvalue weighted by molar-refractivity contribution is 8.00. The SMILES string of the molecule is CC(Sc1nnc(N2CCCC2)n1C1CC1)C(=O)Nc1cccc(Cl)c1Cl. The average Bonchev–Trinajstić information content (AvgIpc) is 3.17. The molecule has 0 radical (unpaired) electrons. The Labute approximate surface area is 172 Å². The van der Waals surface area contributed by atoms with Crippen molar-refractivity contribution in [1.82, 2.24) is 14.8 Å². The van der Waals surface area contributed by atoms with Crippen LogP contribution in [0.2, 0.25) is 10.0 Å². The Balaban J connectivity index is 1.48. The molecule has 1 atom stereocenters. The molecule has 2 fully saturated rings. The van der Waals surface area contributed by atoms with Crippen molar-refractivity contribution in [3.8, 4) is 0 Å². The molecule has 27 heavy (non-hydrogen) atoms. The van der Waals surface area contributed by atoms with Gasteiger partial charge in [0.15, 0.2) is 5.16 Å². The van der Waals surface area contributed by atoms with Crippen LogP contribution in [0.3, 0.4) is 0 Å². The molecule has 2 aliphatic rings. The maximum atomic E-state index is 12.6. The fourth-order valence-corrected chi connectivity index (χ4v) is 4.44. The number of aromatic nitrogens is 3. The van der Waals surface area contributed by atoms with E-state index >= 15 is 0 Å². The summed E-state index contributed by atoms with van der Waals surface area (Å²) in [6.45, 7) is 3.91. The summed E-state index contributed by atoms with van der Waals surface area (Å²) in [5.41, 5.74) is 0.517. The lowest BCUT2D eigenvalue weighted by molar-refractivity contribution is -0.115. The van der Waals surface area contributed by atoms with Gasteiger partial charge in [0, 0.05) is 19.1 Å². The Hall–Kier alpha value is -1.44. The summed E-state index contributed by atoms with van der Waals surface area (Å²) < 4.78 is 2.21. The Morgan fingerprint density at radius 1 is 1.26 bits per heavy atom. The smallest absolute Gasteiger partial charge is 0.237 e. The molecule has 1 aliphatic heterocycles. The summed E-state index contributed by atoms with van der Waals surface area (Å²) in [7, 11) is 0. The highest BCUT2D eigenvalue weighted by atomic mass is 35.5. The van der Waals surface area contributed by atoms with Crippen LogP contribution in [-0.2, 0) is 4.79 Å². The number of carbonyl (C=O) groups excluding carboxylic acids is 1. The number of benzene rings is 1. The highest BCUT2D eigenvalue weighted by Crippen LogP contribution is 2.42. The molecule has 1 unspecified atom stereocenters. The normalized spacial score (nSPS) is 18.0. The van der Waals surface area contributed by atoms with E-state index in [9.17, 15) is 4.79 Å². The number of nitrogens with one attached hydrogen (secondary N) is 1. The summed E-state index contributed by atoms with van der Waals surface area (Å²) in [5, 5.41) is 12.9. The van der Waals surface area contributed by atoms with Crippen molar-refractivity contribution >= 4 is 52.5 Å². The van der Waals surface area contributed by atoms with E-state index in [0.717, 1.165) is 37.0 Å². The predicted molar refractivity (Wildman–Crippen MR) is 110 cm³/mol. The molecule has 1 aliphatic carbocycles. The number of nitrogens with zero attached hydrogens (tertiary/aromatic N) is 4. The first-order valence-corrected chi connectivity index (χ1v) is 10.8. The minimum absolute atomic E-state index is 0.141. The van der Waals surface area contributed by atoms with Gasteiger partial charge in [0.1, 0.15) is 0 Å². The van der Waals surface area contributed by atoms with Gasteiger partial charge in [0.2, 0.25) is 11.9 Å². The van der Waals surface area contributed by atoms with E-state index in [1.807, 2.05) is 6.92 Å². The van der Waals surface area contributed by atoms with Crippen LogP contribution in [0.4, 0.5) is 11.6 Å². The minimum atomic E-state index is -0.340. The van der Waals surface area contributed by atoms with Gasteiger partial charge in [-0.15, -0.1) is 10.2 Å². The van der Waals surface area contributed by atoms with Gasteiger partial charge in [-0.1, -0.05) is 41.0 Å². The summed E-state index contributed by atoms with van der Waals surface area (Å²) in [4.78, 5) is 14.9. The summed E-state index contributed by atoms with van der Waals surface area (Å²) in [6, 6.07) is 5.64. The second-order valence-corrected chi connectivity index (χ2v) is 9.02. The molecule has 1 aromatic heterocycles. The van der Waals surface area contributed by atoms with E-state index in [4.69, 9.17) is 23.2 Å². The van der Waals surface area contributed by atoms with Crippen molar-refractivity contribution in [3.63, 3.8) is 0 Å². The number of carbonyl (C=O) groups is 1. The average molecular weight is 426 g/mol. The Morgan fingerprint density at radius 2 is 2.00 bits per heavy atom. The van der Waals surface area contributed by atoms with Crippen LogP contribution in [0.15, 0.2) is 23.4 Å². The van der Waals surface area contributed by atoms with Crippen LogP contribution < -0.4 is 10.2 Å². The van der Waals surface area contributed by atoms with Crippen LogP contribution >= 0.6 is 35.0 Å². The molecule has 1 aromatic carbocycles. The zero-order valence-corrected chi connectivity index (χ0v) is 17.3. The number of thioether (sulfide) groups is 1. The molecule has 1 N–H and O–H groups in total. The first-order valence-electron chi connectivity index (χ1n) is 9.16. The molecule has 6 nitrogen and oxygen atoms in total. The second kappa shape index (κ2) is 7.89. The van der Waals surface area contributed by atoms with Crippen LogP contribution in [0, 0.1) is 0 Å². The van der Waals surface area contributed by atoms with E-state index in [2.05, 4.69) is 25.0 Å². The minimum Gasteiger partial charge on any atom is -0.341 e. The van der Waals surface area contributed by atoms with Gasteiger partial charge in [0.25, 0.3) is 0 Å². The van der Waals surface area contributed by atoms with Crippen LogP contribution in [0.1, 0.15) is 38.6 Å². The van der Waals surface area contributed by atoms with Crippen LogP contribution in [-0.4, -0.2) is 39.0 Å². The molecule has 0 bridgehead atoms. The third-order valence-corrected chi connectivity index (χ3v) is 6.68. The third-order valence-electron chi connectivity index (χ3n) is 4.81. The van der Waals surface area contributed by atoms with Gasteiger partial charge in [-0.05, 0) is 44.7 Å². The predicted octanol–water partition coefficient (Wildman–Crippen LogP) is 4.64. The number of amides is 1. The molecular formula is C18H21Cl2N5OS. The molecule has 0 spiro atoms.